The molecule has 2 aromatic carbocycles. The number of alkyl halides is 1. The summed E-state index contributed by atoms with van der Waals surface area (Å²) in [5.41, 5.74) is 2.08. The number of benzene rings is 2. The maximum absolute atomic E-state index is 5.88. The molecule has 0 aromatic heterocycles. The molecule has 17 heavy (non-hydrogen) atoms. The van der Waals surface area contributed by atoms with Crippen molar-refractivity contribution in [2.45, 2.75) is 12.8 Å². The summed E-state index contributed by atoms with van der Waals surface area (Å²) in [5, 5.41) is 0. The van der Waals surface area contributed by atoms with Gasteiger partial charge in [-0.25, -0.2) is 0 Å². The van der Waals surface area contributed by atoms with Crippen LogP contribution in [-0.2, 0) is 5.88 Å². The van der Waals surface area contributed by atoms with E-state index in [1.807, 2.05) is 49.4 Å². The molecular formula is C14H12BrClO. The van der Waals surface area contributed by atoms with Crippen LogP contribution in [0.3, 0.4) is 0 Å². The van der Waals surface area contributed by atoms with E-state index in [2.05, 4.69) is 15.9 Å². The van der Waals surface area contributed by atoms with Gasteiger partial charge in [-0.3, -0.25) is 0 Å². The normalized spacial score (nSPS) is 10.3. The van der Waals surface area contributed by atoms with E-state index in [9.17, 15) is 0 Å². The maximum atomic E-state index is 5.88. The van der Waals surface area contributed by atoms with Gasteiger partial charge < -0.3 is 4.74 Å². The van der Waals surface area contributed by atoms with Gasteiger partial charge >= 0.3 is 0 Å². The van der Waals surface area contributed by atoms with Crippen LogP contribution in [0.15, 0.2) is 46.9 Å². The first kappa shape index (κ1) is 12.5. The van der Waals surface area contributed by atoms with Gasteiger partial charge in [-0.15, -0.1) is 11.6 Å². The molecule has 0 aliphatic rings. The van der Waals surface area contributed by atoms with Crippen LogP contribution in [0.2, 0.25) is 0 Å². The lowest BCUT2D eigenvalue weighted by Crippen LogP contribution is -1.91. The summed E-state index contributed by atoms with van der Waals surface area (Å²) in [6, 6.07) is 13.7. The minimum Gasteiger partial charge on any atom is -0.457 e. The van der Waals surface area contributed by atoms with Gasteiger partial charge in [-0.05, 0) is 36.8 Å². The predicted octanol–water partition coefficient (Wildman–Crippen LogP) is 5.29. The summed E-state index contributed by atoms with van der Waals surface area (Å²) in [5.74, 6) is 2.12. The first-order chi connectivity index (χ1) is 8.20. The number of ether oxygens (including phenoxy) is 1. The van der Waals surface area contributed by atoms with Crippen molar-refractivity contribution in [3.63, 3.8) is 0 Å². The van der Waals surface area contributed by atoms with Crippen molar-refractivity contribution < 1.29 is 4.74 Å². The van der Waals surface area contributed by atoms with E-state index in [1.165, 1.54) is 0 Å². The van der Waals surface area contributed by atoms with E-state index >= 15 is 0 Å². The lowest BCUT2D eigenvalue weighted by molar-refractivity contribution is 0.474. The largest absolute Gasteiger partial charge is 0.457 e. The van der Waals surface area contributed by atoms with Crippen molar-refractivity contribution in [3.05, 3.63) is 58.1 Å². The van der Waals surface area contributed by atoms with E-state index in [4.69, 9.17) is 16.3 Å². The molecule has 0 fully saturated rings. The highest BCUT2D eigenvalue weighted by atomic mass is 79.9. The molecule has 0 N–H and O–H groups in total. The van der Waals surface area contributed by atoms with E-state index in [0.717, 1.165) is 27.1 Å². The zero-order valence-corrected chi connectivity index (χ0v) is 11.8. The molecule has 0 saturated heterocycles. The highest BCUT2D eigenvalue weighted by Crippen LogP contribution is 2.30. The van der Waals surface area contributed by atoms with Gasteiger partial charge in [0.1, 0.15) is 11.5 Å². The fraction of sp³-hybridized carbons (Fsp3) is 0.143. The highest BCUT2D eigenvalue weighted by molar-refractivity contribution is 9.10. The molecule has 0 bridgehead atoms. The van der Waals surface area contributed by atoms with Gasteiger partial charge in [0.05, 0.1) is 5.88 Å². The van der Waals surface area contributed by atoms with Crippen LogP contribution in [0.4, 0.5) is 0 Å². The lowest BCUT2D eigenvalue weighted by atomic mass is 10.2. The second kappa shape index (κ2) is 5.56. The summed E-state index contributed by atoms with van der Waals surface area (Å²) < 4.78 is 6.93. The third kappa shape index (κ3) is 3.02. The van der Waals surface area contributed by atoms with E-state index in [1.54, 1.807) is 0 Å². The summed E-state index contributed by atoms with van der Waals surface area (Å²) >= 11 is 9.31. The molecule has 3 heteroatoms. The fourth-order valence-electron chi connectivity index (χ4n) is 1.56. The standard InChI is InChI=1S/C14H12BrClO/c1-10-8-12(15)6-7-13(10)17-14-5-3-2-4-11(14)9-16/h2-8H,9H2,1H3. The molecule has 2 aromatic rings. The van der Waals surface area contributed by atoms with Crippen LogP contribution in [0.1, 0.15) is 11.1 Å². The minimum absolute atomic E-state index is 0.450. The number of hydrogen-bond donors (Lipinski definition) is 0. The SMILES string of the molecule is Cc1cc(Br)ccc1Oc1ccccc1CCl. The average Bonchev–Trinajstić information content (AvgIpc) is 2.33. The van der Waals surface area contributed by atoms with E-state index in [-0.39, 0.29) is 0 Å². The zero-order chi connectivity index (χ0) is 12.3. The Kier molecular flexibility index (Phi) is 4.08. The molecule has 0 unspecified atom stereocenters. The summed E-state index contributed by atoms with van der Waals surface area (Å²) in [7, 11) is 0. The van der Waals surface area contributed by atoms with Gasteiger partial charge in [0.2, 0.25) is 0 Å². The lowest BCUT2D eigenvalue weighted by Gasteiger charge is -2.11. The van der Waals surface area contributed by atoms with Crippen molar-refractivity contribution >= 4 is 27.5 Å². The first-order valence-corrected chi connectivity index (χ1v) is 6.61. The Morgan fingerprint density at radius 1 is 1.12 bits per heavy atom. The Morgan fingerprint density at radius 2 is 1.88 bits per heavy atom. The van der Waals surface area contributed by atoms with Crippen LogP contribution < -0.4 is 4.74 Å². The molecule has 0 saturated carbocycles. The quantitative estimate of drug-likeness (QED) is 0.700. The van der Waals surface area contributed by atoms with Crippen LogP contribution in [0, 0.1) is 6.92 Å². The monoisotopic (exact) mass is 310 g/mol. The van der Waals surface area contributed by atoms with Gasteiger partial charge in [-0.1, -0.05) is 34.1 Å². The Bertz CT molecular complexity index is 525. The number of rotatable bonds is 3. The topological polar surface area (TPSA) is 9.23 Å². The summed E-state index contributed by atoms with van der Waals surface area (Å²) in [6.07, 6.45) is 0. The predicted molar refractivity (Wildman–Crippen MR) is 75.0 cm³/mol. The first-order valence-electron chi connectivity index (χ1n) is 5.28. The van der Waals surface area contributed by atoms with Crippen LogP contribution >= 0.6 is 27.5 Å². The van der Waals surface area contributed by atoms with Crippen molar-refractivity contribution in [1.29, 1.82) is 0 Å². The van der Waals surface area contributed by atoms with Gasteiger partial charge in [-0.2, -0.15) is 0 Å². The third-order valence-electron chi connectivity index (χ3n) is 2.47. The van der Waals surface area contributed by atoms with Crippen LogP contribution in [0.25, 0.3) is 0 Å². The molecule has 0 aliphatic carbocycles. The van der Waals surface area contributed by atoms with Crippen molar-refractivity contribution in [2.75, 3.05) is 0 Å². The number of halogens is 2. The Balaban J connectivity index is 2.31. The van der Waals surface area contributed by atoms with E-state index in [0.29, 0.717) is 5.88 Å². The van der Waals surface area contributed by atoms with Crippen molar-refractivity contribution in [3.8, 4) is 11.5 Å². The van der Waals surface area contributed by atoms with Gasteiger partial charge in [0.25, 0.3) is 0 Å². The van der Waals surface area contributed by atoms with Crippen LogP contribution in [0.5, 0.6) is 11.5 Å². The van der Waals surface area contributed by atoms with E-state index < -0.39 is 0 Å². The number of para-hydroxylation sites is 1. The molecule has 0 atom stereocenters. The zero-order valence-electron chi connectivity index (χ0n) is 9.41. The molecule has 2 rings (SSSR count). The van der Waals surface area contributed by atoms with Gasteiger partial charge in [0.15, 0.2) is 0 Å². The molecule has 0 heterocycles. The smallest absolute Gasteiger partial charge is 0.131 e. The highest BCUT2D eigenvalue weighted by Gasteiger charge is 2.05. The van der Waals surface area contributed by atoms with Crippen LogP contribution in [-0.4, -0.2) is 0 Å². The summed E-state index contributed by atoms with van der Waals surface area (Å²) in [6.45, 7) is 2.02. The molecule has 0 radical (unpaired) electrons. The van der Waals surface area contributed by atoms with Crippen molar-refractivity contribution in [2.24, 2.45) is 0 Å². The van der Waals surface area contributed by atoms with Crippen molar-refractivity contribution in [1.82, 2.24) is 0 Å². The maximum Gasteiger partial charge on any atom is 0.131 e. The molecule has 1 nitrogen and oxygen atoms in total. The molecule has 0 amide bonds. The Morgan fingerprint density at radius 3 is 2.59 bits per heavy atom. The molecule has 0 aliphatic heterocycles. The number of hydrogen-bond acceptors (Lipinski definition) is 1. The third-order valence-corrected chi connectivity index (χ3v) is 3.25. The van der Waals surface area contributed by atoms with Gasteiger partial charge in [0, 0.05) is 10.0 Å². The minimum atomic E-state index is 0.450. The summed E-state index contributed by atoms with van der Waals surface area (Å²) in [4.78, 5) is 0. The molecule has 88 valence electrons. The second-order valence-corrected chi connectivity index (χ2v) is 4.94. The molecular weight excluding hydrogens is 300 g/mol. The Labute approximate surface area is 115 Å². The second-order valence-electron chi connectivity index (χ2n) is 3.75. The average molecular weight is 312 g/mol. The fourth-order valence-corrected chi connectivity index (χ4v) is 2.26. The molecule has 0 spiro atoms. The number of aryl methyl sites for hydroxylation is 1. The Hall–Kier alpha value is -0.990.